The number of hydrogen-bond acceptors (Lipinski definition) is 4. The number of carboxylic acid groups (broad SMARTS) is 1. The number of nitrogens with one attached hydrogen (secondary N) is 1. The van der Waals surface area contributed by atoms with E-state index in [-0.39, 0.29) is 12.5 Å². The molecule has 0 radical (unpaired) electrons. The molecule has 0 atom stereocenters. The van der Waals surface area contributed by atoms with Crippen LogP contribution in [0, 0.1) is 0 Å². The van der Waals surface area contributed by atoms with Gasteiger partial charge >= 0.3 is 5.97 Å². The Labute approximate surface area is 84.8 Å². The first-order valence-electron chi connectivity index (χ1n) is 4.07. The highest BCUT2D eigenvalue weighted by atomic mass is 32.1. The molecule has 1 rings (SSSR count). The summed E-state index contributed by atoms with van der Waals surface area (Å²) in [6.45, 7) is 1.53. The van der Waals surface area contributed by atoms with Gasteiger partial charge in [0.15, 0.2) is 0 Å². The smallest absolute Gasteiger partial charge is 0.322 e. The lowest BCUT2D eigenvalue weighted by atomic mass is 10.3. The predicted octanol–water partition coefficient (Wildman–Crippen LogP) is 0.520. The number of aryl methyl sites for hydroxylation is 1. The van der Waals surface area contributed by atoms with Gasteiger partial charge in [0, 0.05) is 0 Å². The number of thiazole rings is 1. The summed E-state index contributed by atoms with van der Waals surface area (Å²) in [4.78, 5) is 26.1. The number of aromatic nitrogens is 1. The molecule has 0 aliphatic rings. The Morgan fingerprint density at radius 3 is 2.93 bits per heavy atom. The van der Waals surface area contributed by atoms with Crippen LogP contribution in [-0.4, -0.2) is 28.5 Å². The molecular weight excluding hydrogens is 204 g/mol. The number of aliphatic carboxylic acids is 1. The summed E-state index contributed by atoms with van der Waals surface area (Å²) < 4.78 is 0. The number of nitrogens with zero attached hydrogens (tertiary/aromatic N) is 1. The molecule has 0 saturated heterocycles. The van der Waals surface area contributed by atoms with E-state index in [1.807, 2.05) is 6.92 Å². The molecule has 14 heavy (non-hydrogen) atoms. The Hall–Kier alpha value is -1.43. The Morgan fingerprint density at radius 1 is 1.64 bits per heavy atom. The molecule has 0 spiro atoms. The average Bonchev–Trinajstić information content (AvgIpc) is 2.61. The highest BCUT2D eigenvalue weighted by Gasteiger charge is 2.13. The van der Waals surface area contributed by atoms with Crippen molar-refractivity contribution in [2.24, 2.45) is 0 Å². The van der Waals surface area contributed by atoms with Gasteiger partial charge in [-0.3, -0.25) is 9.59 Å². The number of carboxylic acids is 1. The number of carbonyl (C=O) groups excluding carboxylic acids is 1. The third kappa shape index (κ3) is 2.53. The molecule has 1 aromatic heterocycles. The van der Waals surface area contributed by atoms with Crippen molar-refractivity contribution >= 4 is 23.2 Å². The van der Waals surface area contributed by atoms with E-state index >= 15 is 0 Å². The van der Waals surface area contributed by atoms with E-state index in [9.17, 15) is 9.59 Å². The van der Waals surface area contributed by atoms with Gasteiger partial charge < -0.3 is 10.4 Å². The van der Waals surface area contributed by atoms with Crippen LogP contribution in [0.15, 0.2) is 5.51 Å². The minimum absolute atomic E-state index is 0.361. The Balaban J connectivity index is 2.64. The third-order valence-corrected chi connectivity index (χ3v) is 2.45. The number of amides is 1. The lowest BCUT2D eigenvalue weighted by Gasteiger charge is -2.00. The molecule has 5 nitrogen and oxygen atoms in total. The summed E-state index contributed by atoms with van der Waals surface area (Å²) in [5.74, 6) is -1.42. The highest BCUT2D eigenvalue weighted by molar-refractivity contribution is 7.11. The normalized spacial score (nSPS) is 9.79. The molecule has 0 aliphatic heterocycles. The lowest BCUT2D eigenvalue weighted by Crippen LogP contribution is -2.29. The van der Waals surface area contributed by atoms with Crippen molar-refractivity contribution in [3.05, 3.63) is 16.1 Å². The fraction of sp³-hybridized carbons (Fsp3) is 0.375. The fourth-order valence-corrected chi connectivity index (χ4v) is 1.74. The molecule has 0 saturated carbocycles. The molecule has 1 aromatic rings. The van der Waals surface area contributed by atoms with Crippen LogP contribution in [0.1, 0.15) is 22.3 Å². The minimum Gasteiger partial charge on any atom is -0.480 e. The standard InChI is InChI=1S/C8H10N2O3S/c1-2-5-7(14-4-10-5)8(13)9-3-6(11)12/h4H,2-3H2,1H3,(H,9,13)(H,11,12). The molecular formula is C8H10N2O3S. The number of hydrogen-bond donors (Lipinski definition) is 2. The fourth-order valence-electron chi connectivity index (χ4n) is 0.942. The summed E-state index contributed by atoms with van der Waals surface area (Å²) in [5.41, 5.74) is 2.28. The molecule has 0 bridgehead atoms. The van der Waals surface area contributed by atoms with Crippen molar-refractivity contribution in [2.45, 2.75) is 13.3 Å². The summed E-state index contributed by atoms with van der Waals surface area (Å²) in [7, 11) is 0. The van der Waals surface area contributed by atoms with Gasteiger partial charge in [0.2, 0.25) is 0 Å². The maximum atomic E-state index is 11.4. The van der Waals surface area contributed by atoms with Crippen LogP contribution >= 0.6 is 11.3 Å². The quantitative estimate of drug-likeness (QED) is 0.765. The first-order valence-corrected chi connectivity index (χ1v) is 4.95. The van der Waals surface area contributed by atoms with Crippen LogP contribution < -0.4 is 5.32 Å². The van der Waals surface area contributed by atoms with Crippen LogP contribution in [0.5, 0.6) is 0 Å². The van der Waals surface area contributed by atoms with Gasteiger partial charge in [-0.1, -0.05) is 6.92 Å². The maximum Gasteiger partial charge on any atom is 0.322 e. The van der Waals surface area contributed by atoms with Crippen molar-refractivity contribution in [1.82, 2.24) is 10.3 Å². The van der Waals surface area contributed by atoms with Gasteiger partial charge in [0.1, 0.15) is 11.4 Å². The predicted molar refractivity (Wildman–Crippen MR) is 51.5 cm³/mol. The van der Waals surface area contributed by atoms with E-state index in [0.717, 1.165) is 0 Å². The number of carbonyl (C=O) groups is 2. The molecule has 0 unspecified atom stereocenters. The van der Waals surface area contributed by atoms with E-state index in [2.05, 4.69) is 10.3 Å². The van der Waals surface area contributed by atoms with Crippen molar-refractivity contribution in [3.63, 3.8) is 0 Å². The summed E-state index contributed by atoms with van der Waals surface area (Å²) in [6, 6.07) is 0. The van der Waals surface area contributed by atoms with Crippen LogP contribution in [0.2, 0.25) is 0 Å². The molecule has 0 fully saturated rings. The highest BCUT2D eigenvalue weighted by Crippen LogP contribution is 2.13. The van der Waals surface area contributed by atoms with Crippen molar-refractivity contribution in [1.29, 1.82) is 0 Å². The second kappa shape index (κ2) is 4.71. The van der Waals surface area contributed by atoms with E-state index in [0.29, 0.717) is 17.0 Å². The molecule has 0 aromatic carbocycles. The van der Waals surface area contributed by atoms with Gasteiger partial charge in [-0.05, 0) is 6.42 Å². The Morgan fingerprint density at radius 2 is 2.36 bits per heavy atom. The van der Waals surface area contributed by atoms with Crippen LogP contribution in [0.25, 0.3) is 0 Å². The molecule has 76 valence electrons. The topological polar surface area (TPSA) is 79.3 Å². The van der Waals surface area contributed by atoms with Crippen molar-refractivity contribution in [2.75, 3.05) is 6.54 Å². The molecule has 1 amide bonds. The zero-order valence-corrected chi connectivity index (χ0v) is 8.43. The van der Waals surface area contributed by atoms with E-state index in [1.54, 1.807) is 5.51 Å². The average molecular weight is 214 g/mol. The monoisotopic (exact) mass is 214 g/mol. The molecule has 1 heterocycles. The molecule has 2 N–H and O–H groups in total. The zero-order chi connectivity index (χ0) is 10.6. The Kier molecular flexibility index (Phi) is 3.58. The van der Waals surface area contributed by atoms with Crippen LogP contribution in [-0.2, 0) is 11.2 Å². The summed E-state index contributed by atoms with van der Waals surface area (Å²) in [6.07, 6.45) is 0.666. The number of rotatable bonds is 4. The van der Waals surface area contributed by atoms with E-state index in [4.69, 9.17) is 5.11 Å². The zero-order valence-electron chi connectivity index (χ0n) is 7.61. The second-order valence-corrected chi connectivity index (χ2v) is 3.41. The first-order chi connectivity index (χ1) is 6.65. The SMILES string of the molecule is CCc1ncsc1C(=O)NCC(=O)O. The van der Waals surface area contributed by atoms with Gasteiger partial charge in [-0.15, -0.1) is 11.3 Å². The lowest BCUT2D eigenvalue weighted by molar-refractivity contribution is -0.135. The van der Waals surface area contributed by atoms with Crippen LogP contribution in [0.4, 0.5) is 0 Å². The van der Waals surface area contributed by atoms with Crippen molar-refractivity contribution < 1.29 is 14.7 Å². The second-order valence-electron chi connectivity index (χ2n) is 2.56. The molecule has 6 heteroatoms. The largest absolute Gasteiger partial charge is 0.480 e. The minimum atomic E-state index is -1.05. The van der Waals surface area contributed by atoms with Gasteiger partial charge in [0.05, 0.1) is 11.2 Å². The maximum absolute atomic E-state index is 11.4. The molecule has 0 aliphatic carbocycles. The Bertz CT molecular complexity index is 348. The first kappa shape index (κ1) is 10.6. The van der Waals surface area contributed by atoms with Gasteiger partial charge in [-0.2, -0.15) is 0 Å². The summed E-state index contributed by atoms with van der Waals surface area (Å²) in [5, 5.41) is 10.7. The van der Waals surface area contributed by atoms with E-state index in [1.165, 1.54) is 11.3 Å². The summed E-state index contributed by atoms with van der Waals surface area (Å²) >= 11 is 1.22. The van der Waals surface area contributed by atoms with E-state index < -0.39 is 5.97 Å². The van der Waals surface area contributed by atoms with Crippen molar-refractivity contribution in [3.8, 4) is 0 Å². The third-order valence-electron chi connectivity index (χ3n) is 1.58. The van der Waals surface area contributed by atoms with Crippen LogP contribution in [0.3, 0.4) is 0 Å². The van der Waals surface area contributed by atoms with Gasteiger partial charge in [0.25, 0.3) is 5.91 Å². The van der Waals surface area contributed by atoms with Gasteiger partial charge in [-0.25, -0.2) is 4.98 Å².